The van der Waals surface area contributed by atoms with Gasteiger partial charge in [-0.2, -0.15) is 0 Å². The first-order chi connectivity index (χ1) is 9.96. The van der Waals surface area contributed by atoms with Gasteiger partial charge in [0.05, 0.1) is 0 Å². The van der Waals surface area contributed by atoms with E-state index >= 15 is 0 Å². The first kappa shape index (κ1) is 19.3. The van der Waals surface area contributed by atoms with Gasteiger partial charge in [-0.3, -0.25) is 0 Å². The molecule has 0 fully saturated rings. The quantitative estimate of drug-likeness (QED) is 0.360. The summed E-state index contributed by atoms with van der Waals surface area (Å²) in [6, 6.07) is 5.54. The van der Waals surface area contributed by atoms with Gasteiger partial charge in [0.15, 0.2) is 0 Å². The Hall–Kier alpha value is 0.209. The van der Waals surface area contributed by atoms with Gasteiger partial charge in [-0.25, -0.2) is 0 Å². The Labute approximate surface area is 142 Å². The number of hydrogen-bond acceptors (Lipinski definition) is 2. The number of phosphoric ester groups is 1. The number of aryl methyl sites for hydroxylation is 2. The number of rotatable bonds is 10. The van der Waals surface area contributed by atoms with Crippen LogP contribution in [0.25, 0.3) is 0 Å². The van der Waals surface area contributed by atoms with Gasteiger partial charge in [-0.15, -0.1) is 0 Å². The molecule has 0 amide bonds. The average molecular weight is 396 g/mol. The molecule has 0 spiro atoms. The van der Waals surface area contributed by atoms with Crippen molar-refractivity contribution in [1.29, 1.82) is 0 Å². The maximum absolute atomic E-state index is 11.0. The first-order valence-corrected chi connectivity index (χ1v) is 10.0. The fourth-order valence-electron chi connectivity index (χ4n) is 2.02. The molecule has 1 aromatic carbocycles. The van der Waals surface area contributed by atoms with Crippen molar-refractivity contribution in [2.75, 3.05) is 0 Å². The zero-order valence-electron chi connectivity index (χ0n) is 11.8. The van der Waals surface area contributed by atoms with E-state index in [1.54, 1.807) is 6.07 Å². The predicted octanol–water partition coefficient (Wildman–Crippen LogP) is 3.73. The summed E-state index contributed by atoms with van der Waals surface area (Å²) in [5.41, 5.74) is 2.03. The van der Waals surface area contributed by atoms with Crippen LogP contribution >= 0.6 is 7.82 Å². The minimum absolute atomic E-state index is 0.285. The molecule has 122 valence electrons. The van der Waals surface area contributed by atoms with Gasteiger partial charge in [0.25, 0.3) is 0 Å². The molecule has 1 rings (SSSR count). The third-order valence-electron chi connectivity index (χ3n) is 3.00. The minimum atomic E-state index is -4.52. The number of phosphoric acid groups is 1. The van der Waals surface area contributed by atoms with E-state index in [9.17, 15) is 4.57 Å². The molecular weight excluding hydrogens is 375 g/mol. The summed E-state index contributed by atoms with van der Waals surface area (Å²) in [6.07, 6.45) is 5.77. The summed E-state index contributed by atoms with van der Waals surface area (Å²) < 4.78 is 15.8. The van der Waals surface area contributed by atoms with Crippen molar-refractivity contribution in [2.45, 2.75) is 49.2 Å². The molecule has 0 aliphatic carbocycles. The van der Waals surface area contributed by atoms with E-state index in [2.05, 4.69) is 32.0 Å². The topological polar surface area (TPSA) is 66.8 Å². The molecule has 0 unspecified atom stereocenters. The van der Waals surface area contributed by atoms with Crippen LogP contribution in [0.15, 0.2) is 18.2 Å². The zero-order chi connectivity index (χ0) is 15.7. The number of hydrogen-bond donors (Lipinski definition) is 2. The van der Waals surface area contributed by atoms with E-state index in [1.165, 1.54) is 5.56 Å². The molecule has 0 aliphatic rings. The molecule has 0 saturated heterocycles. The summed E-state index contributed by atoms with van der Waals surface area (Å²) in [6.45, 7) is 0. The van der Waals surface area contributed by atoms with Gasteiger partial charge in [0.2, 0.25) is 0 Å². The van der Waals surface area contributed by atoms with Crippen molar-refractivity contribution in [1.82, 2.24) is 0 Å². The molecular formula is C14H21Fe2O4P. The van der Waals surface area contributed by atoms with Gasteiger partial charge < -0.3 is 0 Å². The number of unbranched alkanes of at least 4 members (excludes halogenated alkanes) is 2. The van der Waals surface area contributed by atoms with Gasteiger partial charge in [-0.05, 0) is 0 Å². The van der Waals surface area contributed by atoms with Crippen molar-refractivity contribution in [2.24, 2.45) is 0 Å². The molecule has 0 bridgehead atoms. The van der Waals surface area contributed by atoms with Gasteiger partial charge >= 0.3 is 143 Å². The molecule has 2 N–H and O–H groups in total. The number of benzene rings is 1. The molecule has 0 atom stereocenters. The summed E-state index contributed by atoms with van der Waals surface area (Å²) in [5, 5.41) is 1.79. The van der Waals surface area contributed by atoms with Crippen molar-refractivity contribution < 1.29 is 50.9 Å². The van der Waals surface area contributed by atoms with Gasteiger partial charge in [0.1, 0.15) is 0 Å². The van der Waals surface area contributed by atoms with Crippen molar-refractivity contribution in [3.8, 4) is 5.75 Å². The molecule has 1 aromatic rings. The normalized spacial score (nSPS) is 11.6. The van der Waals surface area contributed by atoms with E-state index in [4.69, 9.17) is 14.3 Å². The van der Waals surface area contributed by atoms with Crippen LogP contribution < -0.4 is 4.52 Å². The van der Waals surface area contributed by atoms with Crippen LogP contribution in [-0.2, 0) is 49.4 Å². The van der Waals surface area contributed by atoms with Crippen LogP contribution in [-0.4, -0.2) is 9.79 Å². The monoisotopic (exact) mass is 396 g/mol. The van der Waals surface area contributed by atoms with Crippen LogP contribution in [0, 0.1) is 0 Å². The van der Waals surface area contributed by atoms with Gasteiger partial charge in [-0.1, -0.05) is 0 Å². The van der Waals surface area contributed by atoms with E-state index in [0.717, 1.165) is 54.7 Å². The Balaban J connectivity index is 2.82. The molecule has 0 radical (unpaired) electrons. The second kappa shape index (κ2) is 10.1. The molecule has 7 heteroatoms. The average Bonchev–Trinajstić information content (AvgIpc) is 2.40. The fraction of sp³-hybridized carbons (Fsp3) is 0.571. The van der Waals surface area contributed by atoms with Crippen LogP contribution in [0.5, 0.6) is 5.75 Å². The second-order valence-corrected chi connectivity index (χ2v) is 7.06. The van der Waals surface area contributed by atoms with Crippen LogP contribution in [0.1, 0.15) is 36.8 Å². The van der Waals surface area contributed by atoms with E-state index in [-0.39, 0.29) is 5.75 Å². The molecule has 0 heterocycles. The van der Waals surface area contributed by atoms with Gasteiger partial charge in [0, 0.05) is 0 Å². The predicted molar refractivity (Wildman–Crippen MR) is 74.6 cm³/mol. The third-order valence-corrected chi connectivity index (χ3v) is 4.22. The zero-order valence-corrected chi connectivity index (χ0v) is 14.9. The second-order valence-electron chi connectivity index (χ2n) is 4.79. The Bertz CT molecular complexity index is 476. The Morgan fingerprint density at radius 2 is 1.62 bits per heavy atom. The Morgan fingerprint density at radius 3 is 2.19 bits per heavy atom. The summed E-state index contributed by atoms with van der Waals surface area (Å²) >= 11 is 7.63. The van der Waals surface area contributed by atoms with Crippen LogP contribution in [0.2, 0.25) is 10.6 Å². The summed E-state index contributed by atoms with van der Waals surface area (Å²) in [5.74, 6) is 0.285. The SMILES string of the molecule is O=P(O)(O)Oc1ccc(CCC[CH2][Fe])cc1CCC[CH2][Fe]. The standard InChI is InChI=1S/C14H21O4P.2Fe/c1-3-5-7-12-9-10-14(18-19(15,16)17)13(11-12)8-6-4-2;;/h9-11H,1-8H2,(H2,15,16,17);;. The van der Waals surface area contributed by atoms with Crippen molar-refractivity contribution in [3.05, 3.63) is 29.3 Å². The third kappa shape index (κ3) is 8.42. The van der Waals surface area contributed by atoms with Crippen molar-refractivity contribution in [3.63, 3.8) is 0 Å². The summed E-state index contributed by atoms with van der Waals surface area (Å²) in [4.78, 5) is 18.0. The first-order valence-electron chi connectivity index (χ1n) is 6.91. The van der Waals surface area contributed by atoms with Crippen LogP contribution in [0.3, 0.4) is 0 Å². The van der Waals surface area contributed by atoms with E-state index < -0.39 is 7.82 Å². The van der Waals surface area contributed by atoms with Crippen LogP contribution in [0.4, 0.5) is 0 Å². The fourth-order valence-corrected chi connectivity index (χ4v) is 3.01. The Morgan fingerprint density at radius 1 is 1.00 bits per heavy atom. The molecule has 0 saturated carbocycles. The molecule has 4 nitrogen and oxygen atoms in total. The van der Waals surface area contributed by atoms with E-state index in [0.29, 0.717) is 0 Å². The Kier molecular flexibility index (Phi) is 9.24. The van der Waals surface area contributed by atoms with Crippen molar-refractivity contribution >= 4 is 7.82 Å². The maximum atomic E-state index is 11.0. The molecule has 21 heavy (non-hydrogen) atoms. The summed E-state index contributed by atoms with van der Waals surface area (Å²) in [7, 11) is -4.52. The molecule has 0 aromatic heterocycles. The van der Waals surface area contributed by atoms with E-state index in [1.807, 2.05) is 12.1 Å². The molecule has 0 aliphatic heterocycles.